The Hall–Kier alpha value is -1.18. The van der Waals surface area contributed by atoms with Crippen LogP contribution in [0.5, 0.6) is 5.75 Å². The average Bonchev–Trinajstić information content (AvgIpc) is 2.86. The standard InChI is InChI=1S/C15H20FNO4S/c1-10-7-11-9-17(6-5-14(11)21-10)22(18,19)12-3-4-15(20-2)13(16)8-12/h3-4,8,10-11,14H,5-7,9H2,1-2H3/t10-,11-,14+/m1/s1. The summed E-state index contributed by atoms with van der Waals surface area (Å²) in [4.78, 5) is -0.0313. The quantitative estimate of drug-likeness (QED) is 0.851. The third kappa shape index (κ3) is 2.73. The van der Waals surface area contributed by atoms with Crippen LogP contribution in [-0.2, 0) is 14.8 Å². The van der Waals surface area contributed by atoms with Crippen LogP contribution in [0.25, 0.3) is 0 Å². The van der Waals surface area contributed by atoms with Gasteiger partial charge in [-0.25, -0.2) is 12.8 Å². The highest BCUT2D eigenvalue weighted by atomic mass is 32.2. The second kappa shape index (κ2) is 5.79. The van der Waals surface area contributed by atoms with E-state index >= 15 is 0 Å². The molecule has 0 aromatic heterocycles. The molecule has 2 aliphatic rings. The second-order valence-corrected chi connectivity index (χ2v) is 7.87. The minimum absolute atomic E-state index is 0.0313. The zero-order chi connectivity index (χ0) is 15.9. The van der Waals surface area contributed by atoms with Crippen LogP contribution >= 0.6 is 0 Å². The van der Waals surface area contributed by atoms with Crippen molar-refractivity contribution >= 4 is 10.0 Å². The predicted molar refractivity (Wildman–Crippen MR) is 78.8 cm³/mol. The number of hydrogen-bond donors (Lipinski definition) is 0. The van der Waals surface area contributed by atoms with E-state index in [-0.39, 0.29) is 28.8 Å². The van der Waals surface area contributed by atoms with Crippen molar-refractivity contribution in [3.63, 3.8) is 0 Å². The van der Waals surface area contributed by atoms with Gasteiger partial charge in [0.1, 0.15) is 0 Å². The Bertz CT molecular complexity index is 664. The van der Waals surface area contributed by atoms with Gasteiger partial charge in [0.15, 0.2) is 11.6 Å². The molecular weight excluding hydrogens is 309 g/mol. The molecule has 1 aromatic carbocycles. The summed E-state index contributed by atoms with van der Waals surface area (Å²) in [6.45, 7) is 2.85. The number of ether oxygens (including phenoxy) is 2. The summed E-state index contributed by atoms with van der Waals surface area (Å²) in [6, 6.07) is 3.75. The molecule has 0 bridgehead atoms. The maximum atomic E-state index is 13.8. The molecule has 1 aromatic rings. The van der Waals surface area contributed by atoms with Crippen molar-refractivity contribution in [1.82, 2.24) is 4.31 Å². The molecule has 3 atom stereocenters. The molecule has 0 N–H and O–H groups in total. The van der Waals surface area contributed by atoms with E-state index < -0.39 is 15.8 Å². The summed E-state index contributed by atoms with van der Waals surface area (Å²) in [5, 5.41) is 0. The molecule has 2 saturated heterocycles. The Balaban J connectivity index is 1.82. The van der Waals surface area contributed by atoms with Gasteiger partial charge in [0.2, 0.25) is 10.0 Å². The molecule has 22 heavy (non-hydrogen) atoms. The third-order valence-corrected chi connectivity index (χ3v) is 6.29. The van der Waals surface area contributed by atoms with Crippen molar-refractivity contribution in [3.8, 4) is 5.75 Å². The van der Waals surface area contributed by atoms with Crippen LogP contribution in [0.1, 0.15) is 19.8 Å². The van der Waals surface area contributed by atoms with Gasteiger partial charge in [0.25, 0.3) is 0 Å². The molecule has 0 radical (unpaired) electrons. The molecule has 0 unspecified atom stereocenters. The van der Waals surface area contributed by atoms with E-state index in [2.05, 4.69) is 0 Å². The predicted octanol–water partition coefficient (Wildman–Crippen LogP) is 2.02. The lowest BCUT2D eigenvalue weighted by Gasteiger charge is -2.33. The Morgan fingerprint density at radius 1 is 1.41 bits per heavy atom. The van der Waals surface area contributed by atoms with Crippen LogP contribution in [0.15, 0.2) is 23.1 Å². The van der Waals surface area contributed by atoms with E-state index in [1.54, 1.807) is 0 Å². The van der Waals surface area contributed by atoms with Crippen LogP contribution in [0.2, 0.25) is 0 Å². The van der Waals surface area contributed by atoms with Gasteiger partial charge in [-0.2, -0.15) is 4.31 Å². The first kappa shape index (κ1) is 15.7. The van der Waals surface area contributed by atoms with Crippen molar-refractivity contribution in [2.75, 3.05) is 20.2 Å². The van der Waals surface area contributed by atoms with Crippen molar-refractivity contribution in [1.29, 1.82) is 0 Å². The van der Waals surface area contributed by atoms with Gasteiger partial charge in [0, 0.05) is 19.0 Å². The second-order valence-electron chi connectivity index (χ2n) is 5.93. The number of piperidine rings is 1. The molecule has 0 spiro atoms. The van der Waals surface area contributed by atoms with E-state index in [0.717, 1.165) is 12.5 Å². The SMILES string of the molecule is COc1ccc(S(=O)(=O)N2CC[C@@H]3O[C@H](C)C[C@@H]3C2)cc1F. The fourth-order valence-corrected chi connectivity index (χ4v) is 4.86. The molecule has 5 nitrogen and oxygen atoms in total. The lowest BCUT2D eigenvalue weighted by Crippen LogP contribution is -2.44. The number of nitrogens with zero attached hydrogens (tertiary/aromatic N) is 1. The van der Waals surface area contributed by atoms with Gasteiger partial charge in [0.05, 0.1) is 24.2 Å². The highest BCUT2D eigenvalue weighted by molar-refractivity contribution is 7.89. The maximum Gasteiger partial charge on any atom is 0.243 e. The van der Waals surface area contributed by atoms with E-state index in [4.69, 9.17) is 9.47 Å². The molecule has 122 valence electrons. The summed E-state index contributed by atoms with van der Waals surface area (Å²) < 4.78 is 51.2. The number of rotatable bonds is 3. The number of halogens is 1. The molecular formula is C15H20FNO4S. The fraction of sp³-hybridized carbons (Fsp3) is 0.600. The topological polar surface area (TPSA) is 55.8 Å². The minimum Gasteiger partial charge on any atom is -0.494 e. The van der Waals surface area contributed by atoms with Crippen LogP contribution in [0.4, 0.5) is 4.39 Å². The normalized spacial score (nSPS) is 29.3. The van der Waals surface area contributed by atoms with Crippen molar-refractivity contribution < 1.29 is 22.3 Å². The molecule has 7 heteroatoms. The van der Waals surface area contributed by atoms with E-state index in [1.807, 2.05) is 6.92 Å². The molecule has 2 aliphatic heterocycles. The molecule has 0 aliphatic carbocycles. The van der Waals surface area contributed by atoms with Gasteiger partial charge in [-0.15, -0.1) is 0 Å². The summed E-state index contributed by atoms with van der Waals surface area (Å²) in [5.74, 6) is -0.409. The Labute approximate surface area is 130 Å². The monoisotopic (exact) mass is 329 g/mol. The number of hydrogen-bond acceptors (Lipinski definition) is 4. The summed E-state index contributed by atoms with van der Waals surface area (Å²) in [6.07, 6.45) is 1.88. The van der Waals surface area contributed by atoms with E-state index in [1.165, 1.54) is 23.5 Å². The highest BCUT2D eigenvalue weighted by Crippen LogP contribution is 2.35. The van der Waals surface area contributed by atoms with Crippen LogP contribution < -0.4 is 4.74 Å². The van der Waals surface area contributed by atoms with Crippen LogP contribution in [0.3, 0.4) is 0 Å². The van der Waals surface area contributed by atoms with Gasteiger partial charge in [-0.05, 0) is 38.0 Å². The lowest BCUT2D eigenvalue weighted by atomic mass is 9.94. The first-order chi connectivity index (χ1) is 10.4. The van der Waals surface area contributed by atoms with Gasteiger partial charge in [-0.1, -0.05) is 0 Å². The lowest BCUT2D eigenvalue weighted by molar-refractivity contribution is 0.0206. The summed E-state index contributed by atoms with van der Waals surface area (Å²) in [7, 11) is -2.34. The first-order valence-electron chi connectivity index (χ1n) is 7.41. The fourth-order valence-electron chi connectivity index (χ4n) is 3.34. The molecule has 2 heterocycles. The Kier molecular flexibility index (Phi) is 4.13. The van der Waals surface area contributed by atoms with Crippen LogP contribution in [-0.4, -0.2) is 45.1 Å². The van der Waals surface area contributed by atoms with Crippen LogP contribution in [0, 0.1) is 11.7 Å². The number of fused-ring (bicyclic) bond motifs is 1. The summed E-state index contributed by atoms with van der Waals surface area (Å²) >= 11 is 0. The number of sulfonamides is 1. The third-order valence-electron chi connectivity index (χ3n) is 4.43. The van der Waals surface area contributed by atoms with Crippen molar-refractivity contribution in [2.45, 2.75) is 36.9 Å². The number of benzene rings is 1. The number of methoxy groups -OCH3 is 1. The van der Waals surface area contributed by atoms with E-state index in [9.17, 15) is 12.8 Å². The first-order valence-corrected chi connectivity index (χ1v) is 8.85. The van der Waals surface area contributed by atoms with Gasteiger partial charge >= 0.3 is 0 Å². The molecule has 3 rings (SSSR count). The zero-order valence-corrected chi connectivity index (χ0v) is 13.5. The summed E-state index contributed by atoms with van der Waals surface area (Å²) in [5.41, 5.74) is 0. The van der Waals surface area contributed by atoms with Gasteiger partial charge < -0.3 is 9.47 Å². The minimum atomic E-state index is -3.68. The Morgan fingerprint density at radius 2 is 2.18 bits per heavy atom. The molecule has 0 amide bonds. The molecule has 2 fully saturated rings. The Morgan fingerprint density at radius 3 is 2.86 bits per heavy atom. The zero-order valence-electron chi connectivity index (χ0n) is 12.7. The van der Waals surface area contributed by atoms with Gasteiger partial charge in [-0.3, -0.25) is 0 Å². The van der Waals surface area contributed by atoms with Crippen molar-refractivity contribution in [3.05, 3.63) is 24.0 Å². The maximum absolute atomic E-state index is 13.8. The average molecular weight is 329 g/mol. The largest absolute Gasteiger partial charge is 0.494 e. The smallest absolute Gasteiger partial charge is 0.243 e. The van der Waals surface area contributed by atoms with E-state index in [0.29, 0.717) is 19.5 Å². The van der Waals surface area contributed by atoms with Crippen molar-refractivity contribution in [2.24, 2.45) is 5.92 Å². The molecule has 0 saturated carbocycles. The highest BCUT2D eigenvalue weighted by Gasteiger charge is 2.41.